The lowest BCUT2D eigenvalue weighted by Gasteiger charge is -2.08. The number of thioether (sulfide) groups is 1. The molecule has 0 aliphatic heterocycles. The topological polar surface area (TPSA) is 55.1 Å². The monoisotopic (exact) mass is 290 g/mol. The number of nitrogens with two attached hydrogens (primary N) is 1. The summed E-state index contributed by atoms with van der Waals surface area (Å²) in [4.78, 5) is 12.9. The minimum absolute atomic E-state index is 0.133. The van der Waals surface area contributed by atoms with Crippen molar-refractivity contribution in [1.82, 2.24) is 0 Å². The number of nitrogen functional groups attached to an aromatic ring is 1. The highest BCUT2D eigenvalue weighted by atomic mass is 32.2. The summed E-state index contributed by atoms with van der Waals surface area (Å²) < 4.78 is 12.9. The van der Waals surface area contributed by atoms with Gasteiger partial charge in [0.2, 0.25) is 5.91 Å². The zero-order chi connectivity index (χ0) is 14.4. The van der Waals surface area contributed by atoms with Crippen molar-refractivity contribution in [2.75, 3.05) is 16.8 Å². The van der Waals surface area contributed by atoms with E-state index in [4.69, 9.17) is 5.73 Å². The zero-order valence-corrected chi connectivity index (χ0v) is 11.6. The molecule has 1 amide bonds. The zero-order valence-electron chi connectivity index (χ0n) is 10.8. The second kappa shape index (κ2) is 6.96. The van der Waals surface area contributed by atoms with E-state index in [9.17, 15) is 9.18 Å². The number of amides is 1. The Morgan fingerprint density at radius 2 is 1.95 bits per heavy atom. The highest BCUT2D eigenvalue weighted by Crippen LogP contribution is 2.21. The van der Waals surface area contributed by atoms with E-state index in [-0.39, 0.29) is 11.6 Å². The van der Waals surface area contributed by atoms with E-state index in [1.54, 1.807) is 11.8 Å². The Bertz CT molecular complexity index is 590. The van der Waals surface area contributed by atoms with E-state index < -0.39 is 5.82 Å². The summed E-state index contributed by atoms with van der Waals surface area (Å²) in [6, 6.07) is 13.8. The normalized spacial score (nSPS) is 10.2. The molecule has 104 valence electrons. The van der Waals surface area contributed by atoms with Crippen molar-refractivity contribution in [3.05, 3.63) is 54.3 Å². The summed E-state index contributed by atoms with van der Waals surface area (Å²) in [6.45, 7) is 0. The molecule has 0 aromatic heterocycles. The molecule has 0 aliphatic rings. The van der Waals surface area contributed by atoms with E-state index >= 15 is 0 Å². The lowest BCUT2D eigenvalue weighted by Crippen LogP contribution is -2.13. The molecule has 0 bridgehead atoms. The molecule has 0 saturated heterocycles. The predicted molar refractivity (Wildman–Crippen MR) is 81.2 cm³/mol. The van der Waals surface area contributed by atoms with E-state index in [0.29, 0.717) is 17.9 Å². The molecule has 3 nitrogen and oxygen atoms in total. The summed E-state index contributed by atoms with van der Waals surface area (Å²) in [6.07, 6.45) is 0.371. The number of carbonyl (C=O) groups excluding carboxylic acids is 1. The molecule has 0 spiro atoms. The van der Waals surface area contributed by atoms with Gasteiger partial charge in [-0.05, 0) is 30.3 Å². The van der Waals surface area contributed by atoms with Crippen molar-refractivity contribution >= 4 is 29.0 Å². The van der Waals surface area contributed by atoms with Crippen LogP contribution in [0.2, 0.25) is 0 Å². The van der Waals surface area contributed by atoms with Gasteiger partial charge in [-0.2, -0.15) is 0 Å². The third-order valence-electron chi connectivity index (χ3n) is 2.63. The molecule has 0 saturated carbocycles. The van der Waals surface area contributed by atoms with Crippen molar-refractivity contribution in [2.24, 2.45) is 0 Å². The Hall–Kier alpha value is -2.01. The first-order valence-electron chi connectivity index (χ1n) is 6.18. The van der Waals surface area contributed by atoms with Crippen LogP contribution in [0.3, 0.4) is 0 Å². The van der Waals surface area contributed by atoms with Crippen molar-refractivity contribution in [1.29, 1.82) is 0 Å². The fraction of sp³-hybridized carbons (Fsp3) is 0.133. The van der Waals surface area contributed by atoms with Gasteiger partial charge in [0.05, 0.1) is 11.4 Å². The first-order valence-corrected chi connectivity index (χ1v) is 7.16. The first kappa shape index (κ1) is 14.4. The van der Waals surface area contributed by atoms with E-state index in [1.165, 1.54) is 18.2 Å². The molecule has 0 atom stereocenters. The Balaban J connectivity index is 1.81. The van der Waals surface area contributed by atoms with Crippen LogP contribution in [0.25, 0.3) is 0 Å². The molecule has 3 N–H and O–H groups in total. The fourth-order valence-corrected chi connectivity index (χ4v) is 2.51. The average molecular weight is 290 g/mol. The Kier molecular flexibility index (Phi) is 5.01. The molecule has 0 radical (unpaired) electrons. The van der Waals surface area contributed by atoms with E-state index in [1.807, 2.05) is 30.3 Å². The van der Waals surface area contributed by atoms with Gasteiger partial charge in [0, 0.05) is 17.1 Å². The third kappa shape index (κ3) is 4.28. The summed E-state index contributed by atoms with van der Waals surface area (Å²) in [5.41, 5.74) is 6.31. The highest BCUT2D eigenvalue weighted by molar-refractivity contribution is 7.99. The maximum absolute atomic E-state index is 12.9. The quantitative estimate of drug-likeness (QED) is 0.654. The maximum atomic E-state index is 12.9. The number of hydrogen-bond acceptors (Lipinski definition) is 3. The van der Waals surface area contributed by atoms with Gasteiger partial charge in [0.1, 0.15) is 5.82 Å². The summed E-state index contributed by atoms with van der Waals surface area (Å²) in [5.74, 6) is 0.128. The highest BCUT2D eigenvalue weighted by Gasteiger charge is 2.06. The molecule has 2 aromatic carbocycles. The summed E-state index contributed by atoms with van der Waals surface area (Å²) in [7, 11) is 0. The van der Waals surface area contributed by atoms with Crippen LogP contribution in [0.1, 0.15) is 6.42 Å². The number of anilines is 2. The van der Waals surface area contributed by atoms with E-state index in [2.05, 4.69) is 5.32 Å². The Labute approximate surface area is 121 Å². The van der Waals surface area contributed by atoms with Gasteiger partial charge >= 0.3 is 0 Å². The van der Waals surface area contributed by atoms with Gasteiger partial charge in [-0.3, -0.25) is 4.79 Å². The molecule has 5 heteroatoms. The molecule has 0 unspecified atom stereocenters. The Morgan fingerprint density at radius 1 is 1.20 bits per heavy atom. The number of carbonyl (C=O) groups is 1. The number of halogens is 1. The number of hydrogen-bond donors (Lipinski definition) is 2. The van der Waals surface area contributed by atoms with Gasteiger partial charge in [-0.25, -0.2) is 4.39 Å². The van der Waals surface area contributed by atoms with Gasteiger partial charge in [-0.1, -0.05) is 18.2 Å². The van der Waals surface area contributed by atoms with Gasteiger partial charge in [-0.15, -0.1) is 11.8 Å². The van der Waals surface area contributed by atoms with Crippen LogP contribution in [-0.4, -0.2) is 11.7 Å². The van der Waals surface area contributed by atoms with Crippen molar-refractivity contribution in [3.8, 4) is 0 Å². The SMILES string of the molecule is Nc1cc(F)ccc1NC(=O)CCSc1ccccc1. The van der Waals surface area contributed by atoms with Gasteiger partial charge in [0.25, 0.3) is 0 Å². The van der Waals surface area contributed by atoms with Crippen molar-refractivity contribution in [2.45, 2.75) is 11.3 Å². The summed E-state index contributed by atoms with van der Waals surface area (Å²) in [5, 5.41) is 2.68. The lowest BCUT2D eigenvalue weighted by molar-refractivity contribution is -0.115. The standard InChI is InChI=1S/C15H15FN2OS/c16-11-6-7-14(13(17)10-11)18-15(19)8-9-20-12-4-2-1-3-5-12/h1-7,10H,8-9,17H2,(H,18,19). The predicted octanol–water partition coefficient (Wildman–Crippen LogP) is 3.53. The number of nitrogens with one attached hydrogen (secondary N) is 1. The first-order chi connectivity index (χ1) is 9.65. The van der Waals surface area contributed by atoms with Crippen molar-refractivity contribution < 1.29 is 9.18 Å². The maximum Gasteiger partial charge on any atom is 0.225 e. The minimum Gasteiger partial charge on any atom is -0.397 e. The molecule has 0 heterocycles. The average Bonchev–Trinajstić information content (AvgIpc) is 2.43. The molecule has 0 fully saturated rings. The van der Waals surface area contributed by atoms with Crippen LogP contribution < -0.4 is 11.1 Å². The van der Waals surface area contributed by atoms with Crippen LogP contribution >= 0.6 is 11.8 Å². The van der Waals surface area contributed by atoms with Gasteiger partial charge in [0.15, 0.2) is 0 Å². The fourth-order valence-electron chi connectivity index (χ4n) is 1.64. The Morgan fingerprint density at radius 3 is 2.65 bits per heavy atom. The largest absolute Gasteiger partial charge is 0.397 e. The number of rotatable bonds is 5. The number of benzene rings is 2. The van der Waals surface area contributed by atoms with Crippen LogP contribution in [0.15, 0.2) is 53.4 Å². The molecule has 2 rings (SSSR count). The van der Waals surface area contributed by atoms with E-state index in [0.717, 1.165) is 4.90 Å². The second-order valence-corrected chi connectivity index (χ2v) is 5.36. The summed E-state index contributed by atoms with van der Waals surface area (Å²) >= 11 is 1.61. The van der Waals surface area contributed by atoms with Crippen molar-refractivity contribution in [3.63, 3.8) is 0 Å². The van der Waals surface area contributed by atoms with Gasteiger partial charge < -0.3 is 11.1 Å². The minimum atomic E-state index is -0.417. The third-order valence-corrected chi connectivity index (χ3v) is 3.64. The smallest absolute Gasteiger partial charge is 0.225 e. The van der Waals surface area contributed by atoms with Crippen LogP contribution in [0, 0.1) is 5.82 Å². The molecule has 0 aliphatic carbocycles. The van der Waals surface area contributed by atoms with Crippen LogP contribution in [-0.2, 0) is 4.79 Å². The molecular weight excluding hydrogens is 275 g/mol. The van der Waals surface area contributed by atoms with Crippen LogP contribution in [0.4, 0.5) is 15.8 Å². The second-order valence-electron chi connectivity index (χ2n) is 4.19. The molecular formula is C15H15FN2OS. The molecule has 2 aromatic rings. The molecule has 20 heavy (non-hydrogen) atoms. The van der Waals surface area contributed by atoms with Crippen LogP contribution in [0.5, 0.6) is 0 Å². The lowest BCUT2D eigenvalue weighted by atomic mass is 10.2.